The van der Waals surface area contributed by atoms with Gasteiger partial charge in [-0.1, -0.05) is 30.3 Å². The fourth-order valence-corrected chi connectivity index (χ4v) is 2.22. The van der Waals surface area contributed by atoms with Gasteiger partial charge >= 0.3 is 5.97 Å². The average molecular weight is 270 g/mol. The first kappa shape index (κ1) is 12.3. The van der Waals surface area contributed by atoms with Crippen molar-refractivity contribution in [2.45, 2.75) is 6.54 Å². The number of benzene rings is 1. The van der Waals surface area contributed by atoms with E-state index in [1.54, 1.807) is 4.57 Å². The largest absolute Gasteiger partial charge is 0.477 e. The highest BCUT2D eigenvalue weighted by molar-refractivity contribution is 5.93. The monoisotopic (exact) mass is 270 g/mol. The molecule has 0 spiro atoms. The summed E-state index contributed by atoms with van der Waals surface area (Å²) < 4.78 is 14.8. The minimum absolute atomic E-state index is 0.0990. The van der Waals surface area contributed by atoms with Gasteiger partial charge in [-0.25, -0.2) is 14.2 Å². The summed E-state index contributed by atoms with van der Waals surface area (Å²) in [5.41, 5.74) is 1.52. The third-order valence-corrected chi connectivity index (χ3v) is 3.10. The van der Waals surface area contributed by atoms with E-state index in [1.807, 2.05) is 30.3 Å². The smallest absolute Gasteiger partial charge is 0.352 e. The molecule has 0 radical (unpaired) electrons. The van der Waals surface area contributed by atoms with E-state index in [1.165, 1.54) is 12.1 Å². The molecule has 1 N–H and O–H groups in total. The summed E-state index contributed by atoms with van der Waals surface area (Å²) in [6.45, 7) is 0.380. The SMILES string of the molecule is O=C(O)c1cc2cc(F)cnc2n1Cc1ccccc1. The lowest BCUT2D eigenvalue weighted by molar-refractivity contribution is 0.0686. The molecule has 0 saturated carbocycles. The predicted molar refractivity (Wildman–Crippen MR) is 72.2 cm³/mol. The van der Waals surface area contributed by atoms with Crippen molar-refractivity contribution in [3.05, 3.63) is 65.7 Å². The van der Waals surface area contributed by atoms with Crippen LogP contribution in [0.15, 0.2) is 48.7 Å². The Bertz CT molecular complexity index is 781. The average Bonchev–Trinajstić information content (AvgIpc) is 2.78. The van der Waals surface area contributed by atoms with Crippen LogP contribution in [0.1, 0.15) is 16.1 Å². The summed E-state index contributed by atoms with van der Waals surface area (Å²) in [4.78, 5) is 15.3. The number of aromatic carboxylic acids is 1. The number of hydrogen-bond donors (Lipinski definition) is 1. The van der Waals surface area contributed by atoms with Crippen LogP contribution >= 0.6 is 0 Å². The molecule has 100 valence electrons. The van der Waals surface area contributed by atoms with E-state index < -0.39 is 11.8 Å². The van der Waals surface area contributed by atoms with E-state index in [-0.39, 0.29) is 5.69 Å². The first-order chi connectivity index (χ1) is 9.65. The molecule has 2 aromatic heterocycles. The van der Waals surface area contributed by atoms with Crippen LogP contribution in [0, 0.1) is 5.82 Å². The van der Waals surface area contributed by atoms with Gasteiger partial charge in [-0.05, 0) is 17.7 Å². The summed E-state index contributed by atoms with van der Waals surface area (Å²) in [5, 5.41) is 9.76. The highest BCUT2D eigenvalue weighted by Crippen LogP contribution is 2.20. The van der Waals surface area contributed by atoms with Crippen molar-refractivity contribution in [2.75, 3.05) is 0 Å². The van der Waals surface area contributed by atoms with Crippen molar-refractivity contribution in [3.8, 4) is 0 Å². The summed E-state index contributed by atoms with van der Waals surface area (Å²) in [5.74, 6) is -1.54. The molecule has 0 atom stereocenters. The quantitative estimate of drug-likeness (QED) is 0.796. The van der Waals surface area contributed by atoms with E-state index in [0.717, 1.165) is 11.8 Å². The zero-order valence-electron chi connectivity index (χ0n) is 10.5. The molecule has 20 heavy (non-hydrogen) atoms. The van der Waals surface area contributed by atoms with Gasteiger partial charge in [0.15, 0.2) is 0 Å². The number of hydrogen-bond acceptors (Lipinski definition) is 2. The van der Waals surface area contributed by atoms with Gasteiger partial charge in [0.1, 0.15) is 17.2 Å². The molecule has 0 amide bonds. The Balaban J connectivity index is 2.16. The first-order valence-corrected chi connectivity index (χ1v) is 6.07. The van der Waals surface area contributed by atoms with Crippen molar-refractivity contribution in [2.24, 2.45) is 0 Å². The lowest BCUT2D eigenvalue weighted by atomic mass is 10.2. The van der Waals surface area contributed by atoms with Crippen molar-refractivity contribution in [1.82, 2.24) is 9.55 Å². The van der Waals surface area contributed by atoms with Gasteiger partial charge in [-0.15, -0.1) is 0 Å². The van der Waals surface area contributed by atoms with E-state index in [4.69, 9.17) is 0 Å². The van der Waals surface area contributed by atoms with E-state index in [2.05, 4.69) is 4.98 Å². The second-order valence-electron chi connectivity index (χ2n) is 4.47. The lowest BCUT2D eigenvalue weighted by Gasteiger charge is -2.07. The maximum absolute atomic E-state index is 13.2. The second-order valence-corrected chi connectivity index (χ2v) is 4.47. The predicted octanol–water partition coefficient (Wildman–Crippen LogP) is 2.92. The van der Waals surface area contributed by atoms with Crippen LogP contribution in [-0.2, 0) is 6.54 Å². The zero-order chi connectivity index (χ0) is 14.1. The normalized spacial score (nSPS) is 10.8. The maximum Gasteiger partial charge on any atom is 0.352 e. The zero-order valence-corrected chi connectivity index (χ0v) is 10.5. The topological polar surface area (TPSA) is 55.1 Å². The number of fused-ring (bicyclic) bond motifs is 1. The van der Waals surface area contributed by atoms with Gasteiger partial charge in [-0.3, -0.25) is 0 Å². The fraction of sp³-hybridized carbons (Fsp3) is 0.0667. The number of rotatable bonds is 3. The standard InChI is InChI=1S/C15H11FN2O2/c16-12-6-11-7-13(15(19)20)18(14(11)17-8-12)9-10-4-2-1-3-5-10/h1-8H,9H2,(H,19,20). The van der Waals surface area contributed by atoms with Crippen molar-refractivity contribution in [1.29, 1.82) is 0 Å². The highest BCUT2D eigenvalue weighted by Gasteiger charge is 2.16. The van der Waals surface area contributed by atoms with Gasteiger partial charge < -0.3 is 9.67 Å². The van der Waals surface area contributed by atoms with E-state index in [9.17, 15) is 14.3 Å². The van der Waals surface area contributed by atoms with Crippen LogP contribution in [-0.4, -0.2) is 20.6 Å². The van der Waals surface area contributed by atoms with Crippen LogP contribution in [0.3, 0.4) is 0 Å². The van der Waals surface area contributed by atoms with Gasteiger partial charge in [0.25, 0.3) is 0 Å². The number of carboxylic acid groups (broad SMARTS) is 1. The van der Waals surface area contributed by atoms with Crippen LogP contribution < -0.4 is 0 Å². The Hall–Kier alpha value is -2.69. The molecule has 3 aromatic rings. The first-order valence-electron chi connectivity index (χ1n) is 6.07. The molecule has 4 nitrogen and oxygen atoms in total. The molecule has 0 aliphatic rings. The summed E-state index contributed by atoms with van der Waals surface area (Å²) in [6, 6.07) is 12.2. The van der Waals surface area contributed by atoms with Crippen LogP contribution in [0.25, 0.3) is 11.0 Å². The van der Waals surface area contributed by atoms with Crippen molar-refractivity contribution < 1.29 is 14.3 Å². The number of nitrogens with zero attached hydrogens (tertiary/aromatic N) is 2. The molecular formula is C15H11FN2O2. The van der Waals surface area contributed by atoms with Gasteiger partial charge in [0.05, 0.1) is 6.20 Å². The van der Waals surface area contributed by atoms with Gasteiger partial charge in [0, 0.05) is 11.9 Å². The molecule has 0 aliphatic heterocycles. The molecule has 3 rings (SSSR count). The summed E-state index contributed by atoms with van der Waals surface area (Å²) >= 11 is 0. The molecule has 0 unspecified atom stereocenters. The molecular weight excluding hydrogens is 259 g/mol. The van der Waals surface area contributed by atoms with Crippen molar-refractivity contribution >= 4 is 17.0 Å². The Labute approximate surface area is 114 Å². The summed E-state index contributed by atoms with van der Waals surface area (Å²) in [7, 11) is 0. The van der Waals surface area contributed by atoms with Crippen LogP contribution in [0.2, 0.25) is 0 Å². The maximum atomic E-state index is 13.2. The van der Waals surface area contributed by atoms with Gasteiger partial charge in [0.2, 0.25) is 0 Å². The second kappa shape index (κ2) is 4.77. The Kier molecular flexibility index (Phi) is 2.95. The Morgan fingerprint density at radius 1 is 1.25 bits per heavy atom. The fourth-order valence-electron chi connectivity index (χ4n) is 2.22. The molecule has 0 fully saturated rings. The highest BCUT2D eigenvalue weighted by atomic mass is 19.1. The Morgan fingerprint density at radius 3 is 2.70 bits per heavy atom. The number of aromatic nitrogens is 2. The minimum atomic E-state index is -1.06. The number of pyridine rings is 1. The number of halogens is 1. The van der Waals surface area contributed by atoms with Crippen molar-refractivity contribution in [3.63, 3.8) is 0 Å². The summed E-state index contributed by atoms with van der Waals surface area (Å²) in [6.07, 6.45) is 1.09. The minimum Gasteiger partial charge on any atom is -0.477 e. The number of carbonyl (C=O) groups is 1. The molecule has 1 aromatic carbocycles. The van der Waals surface area contributed by atoms with E-state index >= 15 is 0 Å². The third kappa shape index (κ3) is 2.14. The third-order valence-electron chi connectivity index (χ3n) is 3.10. The molecule has 2 heterocycles. The van der Waals surface area contributed by atoms with E-state index in [0.29, 0.717) is 17.6 Å². The Morgan fingerprint density at radius 2 is 2.00 bits per heavy atom. The molecule has 0 saturated heterocycles. The number of carboxylic acids is 1. The lowest BCUT2D eigenvalue weighted by Crippen LogP contribution is -2.09. The molecule has 0 bridgehead atoms. The molecule has 0 aliphatic carbocycles. The molecule has 5 heteroatoms. The van der Waals surface area contributed by atoms with Crippen LogP contribution in [0.5, 0.6) is 0 Å². The van der Waals surface area contributed by atoms with Crippen LogP contribution in [0.4, 0.5) is 4.39 Å². The van der Waals surface area contributed by atoms with Gasteiger partial charge in [-0.2, -0.15) is 0 Å².